The van der Waals surface area contributed by atoms with Crippen LogP contribution in [0.15, 0.2) is 29.3 Å². The highest BCUT2D eigenvalue weighted by atomic mass is 32.1. The number of aromatic nitrogens is 1. The molecule has 0 radical (unpaired) electrons. The smallest absolute Gasteiger partial charge is 0.191 e. The van der Waals surface area contributed by atoms with Gasteiger partial charge < -0.3 is 10.6 Å². The van der Waals surface area contributed by atoms with Crippen LogP contribution in [0.1, 0.15) is 26.7 Å². The number of guanidine groups is 1. The van der Waals surface area contributed by atoms with Crippen molar-refractivity contribution >= 4 is 17.3 Å². The van der Waals surface area contributed by atoms with Gasteiger partial charge in [-0.3, -0.25) is 4.99 Å². The highest BCUT2D eigenvalue weighted by Crippen LogP contribution is 2.16. The summed E-state index contributed by atoms with van der Waals surface area (Å²) in [7, 11) is 1.75. The normalized spacial score (nSPS) is 11.1. The molecule has 6 heteroatoms. The fourth-order valence-corrected chi connectivity index (χ4v) is 2.88. The molecule has 1 aromatic heterocycles. The van der Waals surface area contributed by atoms with Gasteiger partial charge in [0.15, 0.2) is 5.96 Å². The Labute approximate surface area is 134 Å². The lowest BCUT2D eigenvalue weighted by Gasteiger charge is -2.11. The molecule has 0 saturated heterocycles. The molecule has 0 spiro atoms. The van der Waals surface area contributed by atoms with Crippen molar-refractivity contribution in [3.8, 4) is 6.07 Å². The summed E-state index contributed by atoms with van der Waals surface area (Å²) in [5, 5.41) is 16.4. The van der Waals surface area contributed by atoms with Crippen LogP contribution in [0.5, 0.6) is 0 Å². The van der Waals surface area contributed by atoms with E-state index in [1.54, 1.807) is 18.4 Å². The molecule has 2 rings (SSSR count). The predicted octanol–water partition coefficient (Wildman–Crippen LogP) is 2.50. The lowest BCUT2D eigenvalue weighted by molar-refractivity contribution is 0.811. The van der Waals surface area contributed by atoms with Gasteiger partial charge in [0, 0.05) is 18.5 Å². The SMILES string of the molecule is CN=C(NCc1ccc(C#N)cc1)NCc1sc(C)nc1C. The van der Waals surface area contributed by atoms with E-state index in [0.717, 1.165) is 22.2 Å². The second-order valence-corrected chi connectivity index (χ2v) is 6.12. The summed E-state index contributed by atoms with van der Waals surface area (Å²) in [5.41, 5.74) is 2.84. The summed E-state index contributed by atoms with van der Waals surface area (Å²) >= 11 is 1.70. The molecule has 0 atom stereocenters. The Hall–Kier alpha value is -2.39. The van der Waals surface area contributed by atoms with Crippen LogP contribution >= 0.6 is 11.3 Å². The van der Waals surface area contributed by atoms with E-state index in [9.17, 15) is 0 Å². The molecule has 114 valence electrons. The third-order valence-corrected chi connectivity index (χ3v) is 4.26. The maximum Gasteiger partial charge on any atom is 0.191 e. The minimum absolute atomic E-state index is 0.659. The van der Waals surface area contributed by atoms with Gasteiger partial charge in [0.05, 0.1) is 28.9 Å². The summed E-state index contributed by atoms with van der Waals surface area (Å²) in [4.78, 5) is 9.85. The van der Waals surface area contributed by atoms with Gasteiger partial charge in [-0.25, -0.2) is 4.98 Å². The number of aliphatic imine (C=N–C) groups is 1. The molecule has 1 aromatic carbocycles. The van der Waals surface area contributed by atoms with E-state index in [4.69, 9.17) is 5.26 Å². The van der Waals surface area contributed by atoms with Gasteiger partial charge in [-0.2, -0.15) is 5.26 Å². The van der Waals surface area contributed by atoms with Gasteiger partial charge in [0.1, 0.15) is 0 Å². The Balaban J connectivity index is 1.87. The van der Waals surface area contributed by atoms with Crippen molar-refractivity contribution in [2.45, 2.75) is 26.9 Å². The third-order valence-electron chi connectivity index (χ3n) is 3.18. The van der Waals surface area contributed by atoms with E-state index in [1.807, 2.05) is 38.1 Å². The Morgan fingerprint density at radius 1 is 1.23 bits per heavy atom. The van der Waals surface area contributed by atoms with Crippen molar-refractivity contribution in [1.29, 1.82) is 5.26 Å². The van der Waals surface area contributed by atoms with Crippen molar-refractivity contribution in [3.05, 3.63) is 51.0 Å². The molecule has 1 heterocycles. The summed E-state index contributed by atoms with van der Waals surface area (Å²) in [6, 6.07) is 9.63. The van der Waals surface area contributed by atoms with Crippen LogP contribution in [0.25, 0.3) is 0 Å². The van der Waals surface area contributed by atoms with Crippen LogP contribution in [-0.4, -0.2) is 18.0 Å². The minimum atomic E-state index is 0.659. The standard InChI is InChI=1S/C16H19N5S/c1-11-15(22-12(2)21-11)10-20-16(18-3)19-9-14-6-4-13(8-17)5-7-14/h4-7H,9-10H2,1-3H3,(H2,18,19,20). The number of aryl methyl sites for hydroxylation is 2. The molecule has 0 bridgehead atoms. The summed E-state index contributed by atoms with van der Waals surface area (Å²) in [6.45, 7) is 5.41. The number of rotatable bonds is 4. The maximum atomic E-state index is 8.79. The molecule has 0 unspecified atom stereocenters. The summed E-state index contributed by atoms with van der Waals surface area (Å²) in [6.07, 6.45) is 0. The average molecular weight is 313 g/mol. The van der Waals surface area contributed by atoms with E-state index in [-0.39, 0.29) is 0 Å². The first kappa shape index (κ1) is 16.0. The van der Waals surface area contributed by atoms with E-state index in [1.165, 1.54) is 4.88 Å². The summed E-state index contributed by atoms with van der Waals surface area (Å²) < 4.78 is 0. The molecule has 0 saturated carbocycles. The quantitative estimate of drug-likeness (QED) is 0.672. The predicted molar refractivity (Wildman–Crippen MR) is 89.8 cm³/mol. The van der Waals surface area contributed by atoms with Crippen LogP contribution in [0, 0.1) is 25.2 Å². The highest BCUT2D eigenvalue weighted by molar-refractivity contribution is 7.11. The van der Waals surface area contributed by atoms with Crippen molar-refractivity contribution in [2.24, 2.45) is 4.99 Å². The Bertz CT molecular complexity index is 694. The first-order valence-corrected chi connectivity index (χ1v) is 7.80. The Morgan fingerprint density at radius 2 is 1.91 bits per heavy atom. The molecule has 5 nitrogen and oxygen atoms in total. The first-order chi connectivity index (χ1) is 10.6. The van der Waals surface area contributed by atoms with Gasteiger partial charge in [-0.15, -0.1) is 11.3 Å². The van der Waals surface area contributed by atoms with Crippen molar-refractivity contribution in [1.82, 2.24) is 15.6 Å². The average Bonchev–Trinajstić information content (AvgIpc) is 2.86. The molecule has 22 heavy (non-hydrogen) atoms. The van der Waals surface area contributed by atoms with Crippen molar-refractivity contribution in [3.63, 3.8) is 0 Å². The second-order valence-electron chi connectivity index (χ2n) is 4.83. The molecule has 0 fully saturated rings. The molecule has 0 aliphatic heterocycles. The number of nitrogens with one attached hydrogen (secondary N) is 2. The van der Waals surface area contributed by atoms with Crippen LogP contribution in [0.4, 0.5) is 0 Å². The van der Waals surface area contributed by atoms with Gasteiger partial charge >= 0.3 is 0 Å². The fraction of sp³-hybridized carbons (Fsp3) is 0.312. The number of nitrogens with zero attached hydrogens (tertiary/aromatic N) is 3. The van der Waals surface area contributed by atoms with E-state index >= 15 is 0 Å². The zero-order chi connectivity index (χ0) is 15.9. The molecular weight excluding hydrogens is 294 g/mol. The van der Waals surface area contributed by atoms with E-state index in [0.29, 0.717) is 18.7 Å². The molecule has 0 aliphatic rings. The molecule has 0 amide bonds. The zero-order valence-corrected chi connectivity index (χ0v) is 13.8. The minimum Gasteiger partial charge on any atom is -0.352 e. The topological polar surface area (TPSA) is 73.1 Å². The number of hydrogen-bond acceptors (Lipinski definition) is 4. The van der Waals surface area contributed by atoms with Crippen LogP contribution in [0.3, 0.4) is 0 Å². The Morgan fingerprint density at radius 3 is 2.45 bits per heavy atom. The molecular formula is C16H19N5S. The molecule has 2 N–H and O–H groups in total. The van der Waals surface area contributed by atoms with Crippen LogP contribution < -0.4 is 10.6 Å². The van der Waals surface area contributed by atoms with Crippen molar-refractivity contribution < 1.29 is 0 Å². The van der Waals surface area contributed by atoms with Gasteiger partial charge in [-0.1, -0.05) is 12.1 Å². The first-order valence-electron chi connectivity index (χ1n) is 6.99. The fourth-order valence-electron chi connectivity index (χ4n) is 2.01. The van der Waals surface area contributed by atoms with Crippen LogP contribution in [0.2, 0.25) is 0 Å². The third kappa shape index (κ3) is 4.30. The number of thiazole rings is 1. The van der Waals surface area contributed by atoms with Crippen molar-refractivity contribution in [2.75, 3.05) is 7.05 Å². The van der Waals surface area contributed by atoms with Gasteiger partial charge in [0.2, 0.25) is 0 Å². The largest absolute Gasteiger partial charge is 0.352 e. The number of hydrogen-bond donors (Lipinski definition) is 2. The Kier molecular flexibility index (Phi) is 5.50. The number of nitriles is 1. The lowest BCUT2D eigenvalue weighted by atomic mass is 10.1. The zero-order valence-electron chi connectivity index (χ0n) is 13.0. The highest BCUT2D eigenvalue weighted by Gasteiger charge is 2.05. The van der Waals surface area contributed by atoms with E-state index < -0.39 is 0 Å². The monoisotopic (exact) mass is 313 g/mol. The van der Waals surface area contributed by atoms with Gasteiger partial charge in [0.25, 0.3) is 0 Å². The lowest BCUT2D eigenvalue weighted by Crippen LogP contribution is -2.36. The maximum absolute atomic E-state index is 8.79. The number of benzene rings is 1. The molecule has 0 aliphatic carbocycles. The second kappa shape index (κ2) is 7.57. The van der Waals surface area contributed by atoms with Crippen LogP contribution in [-0.2, 0) is 13.1 Å². The van der Waals surface area contributed by atoms with Gasteiger partial charge in [-0.05, 0) is 31.5 Å². The van der Waals surface area contributed by atoms with E-state index in [2.05, 4.69) is 26.7 Å². The molecule has 2 aromatic rings. The summed E-state index contributed by atoms with van der Waals surface area (Å²) in [5.74, 6) is 0.745.